The summed E-state index contributed by atoms with van der Waals surface area (Å²) in [5, 5.41) is 8.87. The molecule has 0 aliphatic carbocycles. The fourth-order valence-corrected chi connectivity index (χ4v) is 2.83. The van der Waals surface area contributed by atoms with Crippen molar-refractivity contribution in [3.8, 4) is 5.75 Å². The lowest BCUT2D eigenvalue weighted by atomic mass is 10.1. The molecular weight excluding hydrogens is 346 g/mol. The van der Waals surface area contributed by atoms with E-state index in [1.165, 1.54) is 4.57 Å². The van der Waals surface area contributed by atoms with E-state index < -0.39 is 45.4 Å². The number of fused-ring (bicyclic) bond motifs is 1. The van der Waals surface area contributed by atoms with Gasteiger partial charge < -0.3 is 20.1 Å². The van der Waals surface area contributed by atoms with Crippen LogP contribution >= 0.6 is 0 Å². The number of ether oxygens (including phenoxy) is 1. The Kier molecular flexibility index (Phi) is 4.33. The number of hydrogen-bond donors (Lipinski definition) is 2. The van der Waals surface area contributed by atoms with E-state index in [1.807, 2.05) is 0 Å². The third kappa shape index (κ3) is 2.65. The van der Waals surface area contributed by atoms with Crippen LogP contribution in [0, 0.1) is 11.6 Å². The van der Waals surface area contributed by atoms with E-state index in [2.05, 4.69) is 0 Å². The fraction of sp³-hybridized carbons (Fsp3) is 0.111. The average molecular weight is 360 g/mol. The van der Waals surface area contributed by atoms with Gasteiger partial charge in [0.05, 0.1) is 18.2 Å². The quantitative estimate of drug-likeness (QED) is 0.698. The third-order valence-corrected chi connectivity index (χ3v) is 4.02. The predicted molar refractivity (Wildman–Crippen MR) is 91.6 cm³/mol. The summed E-state index contributed by atoms with van der Waals surface area (Å²) in [7, 11) is 1.12. The van der Waals surface area contributed by atoms with Gasteiger partial charge in [0.25, 0.3) is 0 Å². The smallest absolute Gasteiger partial charge is 0.341 e. The minimum absolute atomic E-state index is 0.0960. The molecule has 0 atom stereocenters. The minimum Gasteiger partial charge on any atom is -0.491 e. The Hall–Kier alpha value is -3.42. The van der Waals surface area contributed by atoms with Crippen molar-refractivity contribution in [3.63, 3.8) is 0 Å². The largest absolute Gasteiger partial charge is 0.491 e. The summed E-state index contributed by atoms with van der Waals surface area (Å²) >= 11 is 0. The highest BCUT2D eigenvalue weighted by atomic mass is 19.2. The number of methoxy groups -OCH3 is 1. The number of carboxylic acids is 1. The average Bonchev–Trinajstić information content (AvgIpc) is 2.62. The maximum atomic E-state index is 14.3. The number of nitrogens with two attached hydrogens (primary N) is 1. The number of nitrogen functional groups attached to an aromatic ring is 1. The van der Waals surface area contributed by atoms with Crippen LogP contribution in [0.3, 0.4) is 0 Å². The molecular formula is C18H14F2N2O4. The van der Waals surface area contributed by atoms with Crippen LogP contribution in [0.1, 0.15) is 15.9 Å². The van der Waals surface area contributed by atoms with Crippen molar-refractivity contribution in [3.05, 3.63) is 69.5 Å². The molecule has 2 aromatic carbocycles. The Morgan fingerprint density at radius 3 is 2.46 bits per heavy atom. The van der Waals surface area contributed by atoms with Crippen LogP contribution in [-0.2, 0) is 6.54 Å². The zero-order valence-electron chi connectivity index (χ0n) is 13.6. The minimum atomic E-state index is -1.50. The highest BCUT2D eigenvalue weighted by molar-refractivity contribution is 6.00. The van der Waals surface area contributed by atoms with Gasteiger partial charge in [-0.15, -0.1) is 0 Å². The molecule has 0 saturated heterocycles. The van der Waals surface area contributed by atoms with Gasteiger partial charge in [-0.1, -0.05) is 30.3 Å². The molecule has 6 nitrogen and oxygen atoms in total. The van der Waals surface area contributed by atoms with E-state index >= 15 is 0 Å². The molecule has 0 aliphatic heterocycles. The van der Waals surface area contributed by atoms with Crippen LogP contribution in [0.5, 0.6) is 5.75 Å². The van der Waals surface area contributed by atoms with E-state index in [0.29, 0.717) is 0 Å². The van der Waals surface area contributed by atoms with Gasteiger partial charge in [-0.25, -0.2) is 9.18 Å². The van der Waals surface area contributed by atoms with Gasteiger partial charge in [0.15, 0.2) is 11.6 Å². The maximum absolute atomic E-state index is 14.3. The third-order valence-electron chi connectivity index (χ3n) is 4.02. The van der Waals surface area contributed by atoms with E-state index in [-0.39, 0.29) is 12.1 Å². The highest BCUT2D eigenvalue weighted by Gasteiger charge is 2.26. The maximum Gasteiger partial charge on any atom is 0.341 e. The van der Waals surface area contributed by atoms with Gasteiger partial charge in [0.1, 0.15) is 11.1 Å². The van der Waals surface area contributed by atoms with E-state index in [9.17, 15) is 23.5 Å². The Morgan fingerprint density at radius 2 is 1.88 bits per heavy atom. The van der Waals surface area contributed by atoms with Gasteiger partial charge in [0, 0.05) is 12.7 Å². The van der Waals surface area contributed by atoms with Crippen molar-refractivity contribution in [1.82, 2.24) is 4.57 Å². The number of anilines is 1. The highest BCUT2D eigenvalue weighted by Crippen LogP contribution is 2.34. The molecule has 3 rings (SSSR count). The molecule has 0 saturated carbocycles. The van der Waals surface area contributed by atoms with Gasteiger partial charge in [0.2, 0.25) is 11.2 Å². The zero-order chi connectivity index (χ0) is 19.0. The lowest BCUT2D eigenvalue weighted by molar-refractivity contribution is 0.0695. The van der Waals surface area contributed by atoms with Crippen molar-refractivity contribution < 1.29 is 23.4 Å². The first-order chi connectivity index (χ1) is 12.4. The molecule has 0 amide bonds. The molecule has 0 spiro atoms. The lowest BCUT2D eigenvalue weighted by Gasteiger charge is -2.17. The zero-order valence-corrected chi connectivity index (χ0v) is 13.6. The number of halogens is 2. The number of rotatable bonds is 4. The number of benzene rings is 2. The second kappa shape index (κ2) is 6.47. The molecule has 26 heavy (non-hydrogen) atoms. The topological polar surface area (TPSA) is 94.6 Å². The first-order valence-corrected chi connectivity index (χ1v) is 7.51. The number of hydrogen-bond acceptors (Lipinski definition) is 4. The van der Waals surface area contributed by atoms with E-state index in [0.717, 1.165) is 18.9 Å². The summed E-state index contributed by atoms with van der Waals surface area (Å²) < 4.78 is 34.7. The fourth-order valence-electron chi connectivity index (χ4n) is 2.83. The van der Waals surface area contributed by atoms with E-state index in [1.54, 1.807) is 30.3 Å². The van der Waals surface area contributed by atoms with Crippen LogP contribution in [-0.4, -0.2) is 22.8 Å². The first kappa shape index (κ1) is 17.4. The van der Waals surface area contributed by atoms with Crippen LogP contribution < -0.4 is 15.9 Å². The van der Waals surface area contributed by atoms with Gasteiger partial charge in [-0.05, 0) is 5.56 Å². The second-order valence-corrected chi connectivity index (χ2v) is 5.59. The van der Waals surface area contributed by atoms with E-state index in [4.69, 9.17) is 10.5 Å². The molecule has 1 heterocycles. The molecule has 0 unspecified atom stereocenters. The number of pyridine rings is 1. The Bertz CT molecular complexity index is 1080. The summed E-state index contributed by atoms with van der Waals surface area (Å²) in [5.41, 5.74) is 3.87. The Morgan fingerprint density at radius 1 is 1.23 bits per heavy atom. The molecule has 3 N–H and O–H groups in total. The summed E-state index contributed by atoms with van der Waals surface area (Å²) in [5.74, 6) is -4.82. The molecule has 0 aliphatic rings. The molecule has 0 fully saturated rings. The van der Waals surface area contributed by atoms with Crippen molar-refractivity contribution in [2.24, 2.45) is 0 Å². The number of carbonyl (C=O) groups is 1. The monoisotopic (exact) mass is 360 g/mol. The Labute approximate surface area is 146 Å². The van der Waals surface area contributed by atoms with Crippen LogP contribution in [0.4, 0.5) is 14.5 Å². The number of carboxylic acid groups (broad SMARTS) is 1. The van der Waals surface area contributed by atoms with Crippen LogP contribution in [0.15, 0.2) is 41.3 Å². The van der Waals surface area contributed by atoms with Crippen LogP contribution in [0.25, 0.3) is 10.9 Å². The molecule has 3 aromatic rings. The number of aromatic carboxylic acids is 1. The van der Waals surface area contributed by atoms with Gasteiger partial charge >= 0.3 is 5.97 Å². The van der Waals surface area contributed by atoms with Crippen molar-refractivity contribution in [2.45, 2.75) is 6.54 Å². The van der Waals surface area contributed by atoms with Gasteiger partial charge in [-0.2, -0.15) is 4.39 Å². The van der Waals surface area contributed by atoms with Crippen molar-refractivity contribution in [1.29, 1.82) is 0 Å². The summed E-state index contributed by atoms with van der Waals surface area (Å²) in [6.45, 7) is 0.0960. The first-order valence-electron chi connectivity index (χ1n) is 7.51. The van der Waals surface area contributed by atoms with Crippen molar-refractivity contribution in [2.75, 3.05) is 12.8 Å². The predicted octanol–water partition coefficient (Wildman–Crippen LogP) is 2.62. The summed E-state index contributed by atoms with van der Waals surface area (Å²) in [4.78, 5) is 23.9. The van der Waals surface area contributed by atoms with Crippen molar-refractivity contribution >= 4 is 22.6 Å². The molecule has 0 radical (unpaired) electrons. The SMILES string of the molecule is COc1c(F)c(F)c(N)c2c(=O)c(C(=O)O)cn(Cc3ccccc3)c12. The second-order valence-electron chi connectivity index (χ2n) is 5.59. The number of aromatic nitrogens is 1. The van der Waals surface area contributed by atoms with Gasteiger partial charge in [-0.3, -0.25) is 4.79 Å². The molecule has 0 bridgehead atoms. The summed E-state index contributed by atoms with van der Waals surface area (Å²) in [6.07, 6.45) is 1.07. The normalized spacial score (nSPS) is 10.9. The number of nitrogens with zero attached hydrogens (tertiary/aromatic N) is 1. The van der Waals surface area contributed by atoms with Crippen LogP contribution in [0.2, 0.25) is 0 Å². The molecule has 1 aromatic heterocycles. The standard InChI is InChI=1S/C18H14F2N2O4/c1-26-17-13(20)12(19)14(21)11-15(17)22(7-9-5-3-2-4-6-9)8-10(16(11)23)18(24)25/h2-6,8H,7,21H2,1H3,(H,24,25). The summed E-state index contributed by atoms with van der Waals surface area (Å²) in [6, 6.07) is 8.86. The molecule has 8 heteroatoms. The lowest BCUT2D eigenvalue weighted by Crippen LogP contribution is -2.21. The Balaban J connectivity index is 2.47. The molecule has 134 valence electrons.